The number of hydrogen-bond acceptors (Lipinski definition) is 8. The number of rotatable bonds is 5. The number of hydrogen-bond donors (Lipinski definition) is 1. The number of carbonyl (C=O) groups excluding carboxylic acids is 1. The van der Waals surface area contributed by atoms with Crippen molar-refractivity contribution in [1.29, 1.82) is 0 Å². The van der Waals surface area contributed by atoms with Crippen LogP contribution in [0.2, 0.25) is 0 Å². The Bertz CT molecular complexity index is 1170. The molecule has 1 atom stereocenters. The fourth-order valence-corrected chi connectivity index (χ4v) is 4.75. The zero-order chi connectivity index (χ0) is 24.8. The summed E-state index contributed by atoms with van der Waals surface area (Å²) < 4.78 is 94.0. The van der Waals surface area contributed by atoms with Crippen LogP contribution in [-0.4, -0.2) is 67.3 Å². The molecule has 0 spiro atoms. The highest BCUT2D eigenvalue weighted by Gasteiger charge is 2.41. The number of sulfone groups is 1. The van der Waals surface area contributed by atoms with Gasteiger partial charge in [-0.2, -0.15) is 18.2 Å². The number of carbonyl (C=O) groups is 1. The van der Waals surface area contributed by atoms with E-state index in [0.717, 1.165) is 6.26 Å². The first-order chi connectivity index (χ1) is 15.8. The molecular formula is C19H20F5N5O4S. The fourth-order valence-electron chi connectivity index (χ4n) is 4.11. The molecule has 1 amide bonds. The van der Waals surface area contributed by atoms with E-state index in [0.29, 0.717) is 44.6 Å². The maximum absolute atomic E-state index is 14.4. The van der Waals surface area contributed by atoms with E-state index < -0.39 is 50.2 Å². The number of anilines is 2. The predicted molar refractivity (Wildman–Crippen MR) is 108 cm³/mol. The Morgan fingerprint density at radius 2 is 1.71 bits per heavy atom. The molecule has 0 saturated carbocycles. The van der Waals surface area contributed by atoms with Gasteiger partial charge in [-0.15, -0.1) is 0 Å². The van der Waals surface area contributed by atoms with Gasteiger partial charge in [0.25, 0.3) is 5.95 Å². The fraction of sp³-hybridized carbons (Fsp3) is 0.526. The Hall–Kier alpha value is -2.97. The molecule has 9 nitrogen and oxygen atoms in total. The molecule has 1 N–H and O–H groups in total. The van der Waals surface area contributed by atoms with Crippen LogP contribution in [0.25, 0.3) is 0 Å². The number of nitrogens with zero attached hydrogens (tertiary/aromatic N) is 4. The van der Waals surface area contributed by atoms with E-state index in [1.165, 1.54) is 4.90 Å². The van der Waals surface area contributed by atoms with Crippen LogP contribution in [0.15, 0.2) is 21.6 Å². The third-order valence-corrected chi connectivity index (χ3v) is 6.94. The van der Waals surface area contributed by atoms with Crippen molar-refractivity contribution in [1.82, 2.24) is 15.0 Å². The van der Waals surface area contributed by atoms with Gasteiger partial charge in [-0.25, -0.2) is 17.2 Å². The van der Waals surface area contributed by atoms with Crippen molar-refractivity contribution in [2.45, 2.75) is 42.4 Å². The van der Waals surface area contributed by atoms with Crippen LogP contribution in [0.4, 0.5) is 33.6 Å². The van der Waals surface area contributed by atoms with Gasteiger partial charge in [-0.05, 0) is 36.6 Å². The largest absolute Gasteiger partial charge is 0.471 e. The predicted octanol–water partition coefficient (Wildman–Crippen LogP) is 2.45. The van der Waals surface area contributed by atoms with Gasteiger partial charge in [0, 0.05) is 31.9 Å². The molecule has 34 heavy (non-hydrogen) atoms. The highest BCUT2D eigenvalue weighted by molar-refractivity contribution is 7.90. The molecule has 2 aromatic rings. The van der Waals surface area contributed by atoms with Gasteiger partial charge in [0.05, 0.1) is 4.90 Å². The van der Waals surface area contributed by atoms with Crippen molar-refractivity contribution in [3.05, 3.63) is 29.7 Å². The lowest BCUT2D eigenvalue weighted by Crippen LogP contribution is -2.47. The van der Waals surface area contributed by atoms with Crippen LogP contribution in [0.5, 0.6) is 0 Å². The first-order valence-corrected chi connectivity index (χ1v) is 12.2. The molecule has 1 aromatic carbocycles. The normalized spacial score (nSPS) is 20.3. The molecule has 2 aliphatic heterocycles. The zero-order valence-electron chi connectivity index (χ0n) is 17.8. The molecule has 0 unspecified atom stereocenters. The monoisotopic (exact) mass is 509 g/mol. The standard InChI is InChI=1S/C19H20F5N5O4S/c1-34(31,32)11-8-12(20)15(13(21)9-11)25-14-4-7-29(16(14)30)10-2-5-28(6-3-10)18-26-17(33-27-18)19(22,23)24/h8-10,14,25H,2-7H2,1H3/t14-/m0/s1. The number of likely N-dealkylation sites (tertiary alicyclic amines) is 1. The highest BCUT2D eigenvalue weighted by atomic mass is 32.2. The third-order valence-electron chi connectivity index (χ3n) is 5.85. The maximum atomic E-state index is 14.4. The average Bonchev–Trinajstić information content (AvgIpc) is 3.37. The first kappa shape index (κ1) is 24.2. The van der Waals surface area contributed by atoms with Crippen molar-refractivity contribution < 1.29 is 39.7 Å². The van der Waals surface area contributed by atoms with Crippen LogP contribution in [-0.2, 0) is 20.8 Å². The van der Waals surface area contributed by atoms with Crippen LogP contribution < -0.4 is 10.2 Å². The minimum absolute atomic E-state index is 0.179. The quantitative estimate of drug-likeness (QED) is 0.613. The highest BCUT2D eigenvalue weighted by Crippen LogP contribution is 2.31. The van der Waals surface area contributed by atoms with Crippen molar-refractivity contribution in [3.63, 3.8) is 0 Å². The molecule has 2 aliphatic rings. The number of aromatic nitrogens is 2. The third kappa shape index (κ3) is 4.79. The summed E-state index contributed by atoms with van der Waals surface area (Å²) in [6, 6.07) is 0.260. The smallest absolute Gasteiger partial charge is 0.369 e. The van der Waals surface area contributed by atoms with Gasteiger partial charge in [0.2, 0.25) is 5.91 Å². The summed E-state index contributed by atoms with van der Waals surface area (Å²) in [5.74, 6) is -4.24. The summed E-state index contributed by atoms with van der Waals surface area (Å²) in [6.45, 7) is 0.908. The summed E-state index contributed by atoms with van der Waals surface area (Å²) >= 11 is 0. The van der Waals surface area contributed by atoms with Crippen molar-refractivity contribution in [2.75, 3.05) is 36.1 Å². The Balaban J connectivity index is 1.38. The molecule has 0 radical (unpaired) electrons. The lowest BCUT2D eigenvalue weighted by Gasteiger charge is -2.36. The summed E-state index contributed by atoms with van der Waals surface area (Å²) in [7, 11) is -3.81. The molecule has 0 bridgehead atoms. The Morgan fingerprint density at radius 1 is 1.09 bits per heavy atom. The molecular weight excluding hydrogens is 489 g/mol. The van der Waals surface area contributed by atoms with Gasteiger partial charge < -0.3 is 19.6 Å². The molecule has 4 rings (SSSR count). The number of piperidine rings is 1. The molecule has 15 heteroatoms. The van der Waals surface area contributed by atoms with E-state index in [1.54, 1.807) is 4.90 Å². The van der Waals surface area contributed by atoms with Crippen LogP contribution in [0.1, 0.15) is 25.2 Å². The van der Waals surface area contributed by atoms with Crippen molar-refractivity contribution in [3.8, 4) is 0 Å². The zero-order valence-corrected chi connectivity index (χ0v) is 18.6. The van der Waals surface area contributed by atoms with E-state index in [2.05, 4.69) is 20.0 Å². The lowest BCUT2D eigenvalue weighted by molar-refractivity contribution is -0.159. The summed E-state index contributed by atoms with van der Waals surface area (Å²) in [5, 5.41) is 5.90. The van der Waals surface area contributed by atoms with E-state index >= 15 is 0 Å². The van der Waals surface area contributed by atoms with Crippen LogP contribution in [0, 0.1) is 11.6 Å². The first-order valence-electron chi connectivity index (χ1n) is 10.3. The minimum Gasteiger partial charge on any atom is -0.369 e. The van der Waals surface area contributed by atoms with E-state index in [9.17, 15) is 35.2 Å². The van der Waals surface area contributed by atoms with Gasteiger partial charge in [-0.1, -0.05) is 0 Å². The second-order valence-corrected chi connectivity index (χ2v) is 10.2. The molecule has 0 aliphatic carbocycles. The Labute approximate surface area is 190 Å². The van der Waals surface area contributed by atoms with E-state index in [1.807, 2.05) is 0 Å². The average molecular weight is 509 g/mol. The number of halogens is 5. The van der Waals surface area contributed by atoms with Gasteiger partial charge >= 0.3 is 12.1 Å². The van der Waals surface area contributed by atoms with Crippen molar-refractivity contribution in [2.24, 2.45) is 0 Å². The number of benzene rings is 1. The van der Waals surface area contributed by atoms with Crippen molar-refractivity contribution >= 4 is 27.4 Å². The summed E-state index contributed by atoms with van der Waals surface area (Å²) in [6.07, 6.45) is -2.78. The Morgan fingerprint density at radius 3 is 2.24 bits per heavy atom. The van der Waals surface area contributed by atoms with Gasteiger partial charge in [0.1, 0.15) is 11.7 Å². The SMILES string of the molecule is CS(=O)(=O)c1cc(F)c(N[C@H]2CCN(C3CCN(c4noc(C(F)(F)F)n4)CC3)C2=O)c(F)c1. The van der Waals surface area contributed by atoms with Crippen LogP contribution in [0.3, 0.4) is 0 Å². The van der Waals surface area contributed by atoms with Gasteiger partial charge in [-0.3, -0.25) is 4.79 Å². The maximum Gasteiger partial charge on any atom is 0.471 e. The topological polar surface area (TPSA) is 109 Å². The van der Waals surface area contributed by atoms with Gasteiger partial charge in [0.15, 0.2) is 21.5 Å². The minimum atomic E-state index is -4.74. The number of nitrogens with one attached hydrogen (secondary N) is 1. The lowest BCUT2D eigenvalue weighted by atomic mass is 10.0. The summed E-state index contributed by atoms with van der Waals surface area (Å²) in [5.41, 5.74) is -0.583. The second kappa shape index (κ2) is 8.67. The second-order valence-electron chi connectivity index (χ2n) is 8.17. The molecule has 2 saturated heterocycles. The van der Waals surface area contributed by atoms with E-state index in [4.69, 9.17) is 0 Å². The summed E-state index contributed by atoms with van der Waals surface area (Å²) in [4.78, 5) is 18.8. The number of amides is 1. The van der Waals surface area contributed by atoms with Crippen LogP contribution >= 0.6 is 0 Å². The molecule has 1 aromatic heterocycles. The molecule has 2 fully saturated rings. The van der Waals surface area contributed by atoms with E-state index in [-0.39, 0.29) is 24.3 Å². The Kier molecular flexibility index (Phi) is 6.16. The molecule has 186 valence electrons. The number of alkyl halides is 3. The molecule has 3 heterocycles.